The molecular weight excluding hydrogens is 196 g/mol. The van der Waals surface area contributed by atoms with E-state index in [9.17, 15) is 9.90 Å². The van der Waals surface area contributed by atoms with Crippen molar-refractivity contribution >= 4 is 18.6 Å². The standard InChI is InChI=1S/C11H22O2S/c12-11(13)9-7-5-3-1-2-4-6-8-10-14/h14H,1-10H2,(H,12,13)/p-1. The molecule has 0 radical (unpaired) electrons. The molecule has 0 unspecified atom stereocenters. The van der Waals surface area contributed by atoms with Crippen LogP contribution in [0.2, 0.25) is 0 Å². The van der Waals surface area contributed by atoms with Gasteiger partial charge in [0.25, 0.3) is 0 Å². The van der Waals surface area contributed by atoms with E-state index in [1.165, 1.54) is 32.1 Å². The predicted octanol–water partition coefficient (Wildman–Crippen LogP) is 2.18. The number of carbonyl (C=O) groups is 1. The Balaban J connectivity index is 2.88. The zero-order chi connectivity index (χ0) is 10.6. The number of aliphatic carboxylic acids is 1. The summed E-state index contributed by atoms with van der Waals surface area (Å²) in [7, 11) is 0. The maximum absolute atomic E-state index is 10.1. The number of rotatable bonds is 10. The third-order valence-electron chi connectivity index (χ3n) is 2.29. The average Bonchev–Trinajstić information content (AvgIpc) is 2.15. The maximum atomic E-state index is 10.1. The summed E-state index contributed by atoms with van der Waals surface area (Å²) in [5.41, 5.74) is 0. The van der Waals surface area contributed by atoms with Crippen molar-refractivity contribution in [3.63, 3.8) is 0 Å². The van der Waals surface area contributed by atoms with Crippen molar-refractivity contribution in [2.45, 2.75) is 57.8 Å². The van der Waals surface area contributed by atoms with E-state index in [1.54, 1.807) is 0 Å². The van der Waals surface area contributed by atoms with Gasteiger partial charge in [-0.2, -0.15) is 12.6 Å². The smallest absolute Gasteiger partial charge is 0.0414 e. The molecule has 0 bridgehead atoms. The molecule has 0 atom stereocenters. The molecule has 0 spiro atoms. The van der Waals surface area contributed by atoms with Crippen molar-refractivity contribution in [2.75, 3.05) is 5.75 Å². The number of thiol groups is 1. The van der Waals surface area contributed by atoms with E-state index in [0.29, 0.717) is 0 Å². The van der Waals surface area contributed by atoms with Crippen molar-refractivity contribution in [3.05, 3.63) is 0 Å². The summed E-state index contributed by atoms with van der Waals surface area (Å²) in [5.74, 6) is 0.0739. The van der Waals surface area contributed by atoms with Crippen LogP contribution in [0, 0.1) is 0 Å². The predicted molar refractivity (Wildman–Crippen MR) is 60.4 cm³/mol. The monoisotopic (exact) mass is 217 g/mol. The SMILES string of the molecule is O=C([O-])CCCCCCCCCCS. The number of carboxylic acid groups (broad SMARTS) is 1. The lowest BCUT2D eigenvalue weighted by Gasteiger charge is -2.02. The van der Waals surface area contributed by atoms with Crippen LogP contribution in [0.25, 0.3) is 0 Å². The Morgan fingerprint density at radius 3 is 1.71 bits per heavy atom. The fourth-order valence-electron chi connectivity index (χ4n) is 1.44. The molecular formula is C11H21O2S-. The highest BCUT2D eigenvalue weighted by atomic mass is 32.1. The van der Waals surface area contributed by atoms with Crippen LogP contribution in [0.3, 0.4) is 0 Å². The van der Waals surface area contributed by atoms with Gasteiger partial charge in [0.2, 0.25) is 0 Å². The third-order valence-corrected chi connectivity index (χ3v) is 2.61. The highest BCUT2D eigenvalue weighted by Crippen LogP contribution is 2.09. The highest BCUT2D eigenvalue weighted by Gasteiger charge is 1.92. The third kappa shape index (κ3) is 11.8. The van der Waals surface area contributed by atoms with Gasteiger partial charge in [0.05, 0.1) is 0 Å². The normalized spacial score (nSPS) is 10.4. The minimum Gasteiger partial charge on any atom is -0.550 e. The fraction of sp³-hybridized carbons (Fsp3) is 0.909. The first-order valence-corrected chi connectivity index (χ1v) is 6.21. The molecule has 0 N–H and O–H groups in total. The topological polar surface area (TPSA) is 40.1 Å². The van der Waals surface area contributed by atoms with Crippen molar-refractivity contribution in [1.82, 2.24) is 0 Å². The van der Waals surface area contributed by atoms with E-state index in [2.05, 4.69) is 12.6 Å². The molecule has 0 aliphatic rings. The number of hydrogen-bond acceptors (Lipinski definition) is 3. The van der Waals surface area contributed by atoms with Gasteiger partial charge in [-0.25, -0.2) is 0 Å². The lowest BCUT2D eigenvalue weighted by atomic mass is 10.1. The average molecular weight is 217 g/mol. The molecule has 0 aliphatic heterocycles. The molecule has 0 aromatic heterocycles. The molecule has 0 aromatic carbocycles. The highest BCUT2D eigenvalue weighted by molar-refractivity contribution is 7.80. The van der Waals surface area contributed by atoms with E-state index in [-0.39, 0.29) is 6.42 Å². The summed E-state index contributed by atoms with van der Waals surface area (Å²) in [6.45, 7) is 0. The Kier molecular flexibility index (Phi) is 10.8. The number of hydrogen-bond donors (Lipinski definition) is 1. The van der Waals surface area contributed by atoms with E-state index >= 15 is 0 Å². The second-order valence-corrected chi connectivity index (χ2v) is 4.12. The summed E-state index contributed by atoms with van der Waals surface area (Å²) in [6, 6.07) is 0. The van der Waals surface area contributed by atoms with Crippen LogP contribution in [-0.4, -0.2) is 11.7 Å². The van der Waals surface area contributed by atoms with Gasteiger partial charge in [-0.15, -0.1) is 0 Å². The zero-order valence-corrected chi connectivity index (χ0v) is 9.73. The molecule has 2 nitrogen and oxygen atoms in total. The van der Waals surface area contributed by atoms with Gasteiger partial charge in [0, 0.05) is 5.97 Å². The first kappa shape index (κ1) is 13.8. The van der Waals surface area contributed by atoms with Gasteiger partial charge in [-0.05, 0) is 25.0 Å². The van der Waals surface area contributed by atoms with Crippen LogP contribution in [0.1, 0.15) is 57.8 Å². The Morgan fingerprint density at radius 2 is 1.29 bits per heavy atom. The summed E-state index contributed by atoms with van der Waals surface area (Å²) in [5, 5.41) is 10.1. The second-order valence-electron chi connectivity index (χ2n) is 3.67. The Hall–Kier alpha value is -0.180. The summed E-state index contributed by atoms with van der Waals surface area (Å²) in [4.78, 5) is 10.1. The Labute approximate surface area is 92.5 Å². The molecule has 0 fully saturated rings. The molecule has 3 heteroatoms. The molecule has 0 aromatic rings. The van der Waals surface area contributed by atoms with Crippen LogP contribution in [-0.2, 0) is 4.79 Å². The first-order chi connectivity index (χ1) is 6.77. The van der Waals surface area contributed by atoms with Gasteiger partial charge < -0.3 is 9.90 Å². The van der Waals surface area contributed by atoms with Gasteiger partial charge in [0.15, 0.2) is 0 Å². The van der Waals surface area contributed by atoms with Crippen molar-refractivity contribution in [2.24, 2.45) is 0 Å². The lowest BCUT2D eigenvalue weighted by Crippen LogP contribution is -2.21. The minimum absolute atomic E-state index is 0.222. The number of unbranched alkanes of at least 4 members (excludes halogenated alkanes) is 7. The molecule has 84 valence electrons. The van der Waals surface area contributed by atoms with Crippen molar-refractivity contribution < 1.29 is 9.90 Å². The van der Waals surface area contributed by atoms with E-state index in [0.717, 1.165) is 25.0 Å². The van der Waals surface area contributed by atoms with Crippen LogP contribution in [0.5, 0.6) is 0 Å². The second kappa shape index (κ2) is 10.9. The summed E-state index contributed by atoms with van der Waals surface area (Å²) >= 11 is 4.15. The largest absolute Gasteiger partial charge is 0.550 e. The maximum Gasteiger partial charge on any atom is 0.0414 e. The molecule has 14 heavy (non-hydrogen) atoms. The van der Waals surface area contributed by atoms with Crippen LogP contribution in [0.15, 0.2) is 0 Å². The Bertz CT molecular complexity index is 137. The zero-order valence-electron chi connectivity index (χ0n) is 8.83. The van der Waals surface area contributed by atoms with Gasteiger partial charge in [-0.3, -0.25) is 0 Å². The van der Waals surface area contributed by atoms with Gasteiger partial charge >= 0.3 is 0 Å². The van der Waals surface area contributed by atoms with Crippen LogP contribution in [0.4, 0.5) is 0 Å². The van der Waals surface area contributed by atoms with Crippen molar-refractivity contribution in [1.29, 1.82) is 0 Å². The van der Waals surface area contributed by atoms with Crippen LogP contribution < -0.4 is 5.11 Å². The molecule has 0 saturated heterocycles. The Morgan fingerprint density at radius 1 is 0.857 bits per heavy atom. The molecule has 0 rings (SSSR count). The molecule has 0 saturated carbocycles. The first-order valence-electron chi connectivity index (χ1n) is 5.58. The quantitative estimate of drug-likeness (QED) is 0.450. The molecule has 0 amide bonds. The summed E-state index contributed by atoms with van der Waals surface area (Å²) < 4.78 is 0. The molecule has 0 heterocycles. The minimum atomic E-state index is -0.918. The van der Waals surface area contributed by atoms with E-state index in [4.69, 9.17) is 0 Å². The van der Waals surface area contributed by atoms with E-state index in [1.807, 2.05) is 0 Å². The van der Waals surface area contributed by atoms with Gasteiger partial charge in [-0.1, -0.05) is 38.5 Å². The van der Waals surface area contributed by atoms with Crippen molar-refractivity contribution in [3.8, 4) is 0 Å². The van der Waals surface area contributed by atoms with Crippen LogP contribution >= 0.6 is 12.6 Å². The van der Waals surface area contributed by atoms with Gasteiger partial charge in [0.1, 0.15) is 0 Å². The fourth-order valence-corrected chi connectivity index (χ4v) is 1.67. The summed E-state index contributed by atoms with van der Waals surface area (Å²) in [6.07, 6.45) is 9.49. The number of carbonyl (C=O) groups excluding carboxylic acids is 1. The molecule has 0 aliphatic carbocycles. The van der Waals surface area contributed by atoms with E-state index < -0.39 is 5.97 Å². The number of carboxylic acids is 1. The lowest BCUT2D eigenvalue weighted by molar-refractivity contribution is -0.305.